The molecule has 1 aromatic rings. The van der Waals surface area contributed by atoms with E-state index in [2.05, 4.69) is 11.4 Å². The Morgan fingerprint density at radius 3 is 2.88 bits per heavy atom. The van der Waals surface area contributed by atoms with Gasteiger partial charge in [0.2, 0.25) is 11.8 Å². The fourth-order valence-corrected chi connectivity index (χ4v) is 3.75. The monoisotopic (exact) mass is 356 g/mol. The summed E-state index contributed by atoms with van der Waals surface area (Å²) in [7, 11) is 0. The van der Waals surface area contributed by atoms with Crippen LogP contribution in [-0.4, -0.2) is 53.6 Å². The number of hydrogen-bond acceptors (Lipinski definition) is 5. The Hall–Kier alpha value is -2.51. The van der Waals surface area contributed by atoms with Crippen LogP contribution in [0, 0.1) is 0 Å². The number of aliphatic hydroxyl groups is 1. The predicted octanol–water partition coefficient (Wildman–Crippen LogP) is 0.480. The van der Waals surface area contributed by atoms with Crippen molar-refractivity contribution in [3.8, 4) is 0 Å². The van der Waals surface area contributed by atoms with Gasteiger partial charge in [0.15, 0.2) is 0 Å². The van der Waals surface area contributed by atoms with Crippen molar-refractivity contribution in [2.24, 2.45) is 0 Å². The van der Waals surface area contributed by atoms with E-state index in [0.717, 1.165) is 16.7 Å². The zero-order valence-electron chi connectivity index (χ0n) is 14.2. The van der Waals surface area contributed by atoms with Gasteiger partial charge in [0.25, 0.3) is 5.91 Å². The van der Waals surface area contributed by atoms with Gasteiger partial charge in [0.05, 0.1) is 19.8 Å². The molecule has 1 aliphatic carbocycles. The average Bonchev–Trinajstić information content (AvgIpc) is 3.31. The van der Waals surface area contributed by atoms with Crippen LogP contribution in [0.5, 0.6) is 0 Å². The third kappa shape index (κ3) is 2.93. The van der Waals surface area contributed by atoms with Gasteiger partial charge in [0, 0.05) is 24.4 Å². The molecule has 2 heterocycles. The molecule has 0 bridgehead atoms. The van der Waals surface area contributed by atoms with Crippen LogP contribution < -0.4 is 5.32 Å². The minimum Gasteiger partial charge on any atom is -0.394 e. The molecule has 7 nitrogen and oxygen atoms in total. The van der Waals surface area contributed by atoms with Gasteiger partial charge < -0.3 is 14.7 Å². The van der Waals surface area contributed by atoms with Gasteiger partial charge >= 0.3 is 0 Å². The van der Waals surface area contributed by atoms with Crippen LogP contribution in [-0.2, 0) is 20.9 Å². The lowest BCUT2D eigenvalue weighted by atomic mass is 9.97. The van der Waals surface area contributed by atoms with E-state index in [0.29, 0.717) is 31.7 Å². The average molecular weight is 356 g/mol. The van der Waals surface area contributed by atoms with Crippen molar-refractivity contribution in [3.63, 3.8) is 0 Å². The lowest BCUT2D eigenvalue weighted by Crippen LogP contribution is -2.52. The summed E-state index contributed by atoms with van der Waals surface area (Å²) in [6.07, 6.45) is 2.70. The van der Waals surface area contributed by atoms with E-state index in [1.807, 2.05) is 12.1 Å². The van der Waals surface area contributed by atoms with Crippen LogP contribution in [0.25, 0.3) is 0 Å². The molecular formula is C19H20N2O5. The van der Waals surface area contributed by atoms with Crippen LogP contribution in [0.1, 0.15) is 40.2 Å². The highest BCUT2D eigenvalue weighted by Crippen LogP contribution is 2.43. The molecule has 0 saturated carbocycles. The summed E-state index contributed by atoms with van der Waals surface area (Å²) in [5.74, 6) is -0.689. The lowest BCUT2D eigenvalue weighted by molar-refractivity contribution is -0.136. The number of ether oxygens (including phenoxy) is 1. The molecule has 2 unspecified atom stereocenters. The zero-order valence-corrected chi connectivity index (χ0v) is 14.2. The van der Waals surface area contributed by atoms with E-state index in [9.17, 15) is 14.4 Å². The molecule has 0 aromatic heterocycles. The Balaban J connectivity index is 1.50. The fraction of sp³-hybridized carbons (Fsp3) is 0.421. The molecule has 3 aliphatic rings. The summed E-state index contributed by atoms with van der Waals surface area (Å²) in [6.45, 7) is 1.15. The first-order chi connectivity index (χ1) is 12.6. The van der Waals surface area contributed by atoms with Crippen LogP contribution in [0.3, 0.4) is 0 Å². The molecule has 2 aliphatic heterocycles. The first-order valence-corrected chi connectivity index (χ1v) is 8.75. The standard InChI is InChI=1S/C19H20N2O5/c22-6-7-26-10-11-8-14(11)12-2-1-3-13-15(12)9-21(19(13)25)16-4-5-17(23)20-18(16)24/h1-3,8,14,16,22H,4-7,9-10H2,(H,20,23,24). The second kappa shape index (κ2) is 6.66. The number of hydrogen-bond donors (Lipinski definition) is 2. The first-order valence-electron chi connectivity index (χ1n) is 8.75. The highest BCUT2D eigenvalue weighted by molar-refractivity contribution is 6.05. The Bertz CT molecular complexity index is 816. The number of carbonyl (C=O) groups is 3. The molecule has 0 spiro atoms. The molecule has 26 heavy (non-hydrogen) atoms. The third-order valence-electron chi connectivity index (χ3n) is 5.13. The van der Waals surface area contributed by atoms with Crippen molar-refractivity contribution in [2.75, 3.05) is 19.8 Å². The predicted molar refractivity (Wildman–Crippen MR) is 91.2 cm³/mol. The first kappa shape index (κ1) is 16.9. The van der Waals surface area contributed by atoms with Gasteiger partial charge in [-0.2, -0.15) is 0 Å². The van der Waals surface area contributed by atoms with E-state index in [1.165, 1.54) is 0 Å². The Kier molecular flexibility index (Phi) is 4.34. The number of nitrogens with one attached hydrogen (secondary N) is 1. The van der Waals surface area contributed by atoms with Crippen LogP contribution >= 0.6 is 0 Å². The second-order valence-corrected chi connectivity index (χ2v) is 6.77. The second-order valence-electron chi connectivity index (χ2n) is 6.77. The van der Waals surface area contributed by atoms with E-state index >= 15 is 0 Å². The maximum atomic E-state index is 12.8. The Morgan fingerprint density at radius 1 is 1.27 bits per heavy atom. The number of amides is 3. The van der Waals surface area contributed by atoms with Crippen LogP contribution in [0.2, 0.25) is 0 Å². The van der Waals surface area contributed by atoms with E-state index in [-0.39, 0.29) is 30.8 Å². The molecule has 1 aromatic carbocycles. The zero-order chi connectivity index (χ0) is 18.3. The minimum atomic E-state index is -0.597. The maximum Gasteiger partial charge on any atom is 0.255 e. The van der Waals surface area contributed by atoms with E-state index in [4.69, 9.17) is 9.84 Å². The van der Waals surface area contributed by atoms with Crippen molar-refractivity contribution in [2.45, 2.75) is 31.3 Å². The Labute approximate surface area is 150 Å². The maximum absolute atomic E-state index is 12.8. The summed E-state index contributed by atoms with van der Waals surface area (Å²) < 4.78 is 5.36. The van der Waals surface area contributed by atoms with Crippen molar-refractivity contribution in [3.05, 3.63) is 46.5 Å². The summed E-state index contributed by atoms with van der Waals surface area (Å²) in [5, 5.41) is 11.1. The number of nitrogens with zero attached hydrogens (tertiary/aromatic N) is 1. The molecule has 7 heteroatoms. The van der Waals surface area contributed by atoms with Gasteiger partial charge in [-0.05, 0) is 29.2 Å². The Morgan fingerprint density at radius 2 is 2.12 bits per heavy atom. The third-order valence-corrected chi connectivity index (χ3v) is 5.13. The van der Waals surface area contributed by atoms with Gasteiger partial charge in [-0.3, -0.25) is 19.7 Å². The van der Waals surface area contributed by atoms with Crippen molar-refractivity contribution >= 4 is 17.7 Å². The van der Waals surface area contributed by atoms with Gasteiger partial charge in [-0.25, -0.2) is 0 Å². The van der Waals surface area contributed by atoms with Crippen molar-refractivity contribution in [1.82, 2.24) is 10.2 Å². The van der Waals surface area contributed by atoms with Gasteiger partial charge in [-0.15, -0.1) is 0 Å². The highest BCUT2D eigenvalue weighted by atomic mass is 16.5. The molecule has 4 rings (SSSR count). The van der Waals surface area contributed by atoms with Crippen molar-refractivity contribution in [1.29, 1.82) is 0 Å². The number of allylic oxidation sites excluding steroid dienone is 1. The number of fused-ring (bicyclic) bond motifs is 1. The van der Waals surface area contributed by atoms with Gasteiger partial charge in [0.1, 0.15) is 6.04 Å². The van der Waals surface area contributed by atoms with E-state index in [1.54, 1.807) is 11.0 Å². The number of imide groups is 1. The van der Waals surface area contributed by atoms with E-state index < -0.39 is 11.9 Å². The summed E-state index contributed by atoms with van der Waals surface area (Å²) in [5.41, 5.74) is 3.77. The van der Waals surface area contributed by atoms with Crippen molar-refractivity contribution < 1.29 is 24.2 Å². The number of carbonyl (C=O) groups excluding carboxylic acids is 3. The molecule has 136 valence electrons. The number of rotatable bonds is 6. The number of aliphatic hydroxyl groups excluding tert-OH is 1. The minimum absolute atomic E-state index is 0.00585. The topological polar surface area (TPSA) is 95.9 Å². The summed E-state index contributed by atoms with van der Waals surface area (Å²) >= 11 is 0. The number of benzene rings is 1. The molecule has 1 fully saturated rings. The lowest BCUT2D eigenvalue weighted by Gasteiger charge is -2.29. The molecular weight excluding hydrogens is 336 g/mol. The SMILES string of the molecule is O=C1CCC(N2Cc3c(cccc3C3C=C3COCCO)C2=O)C(=O)N1. The highest BCUT2D eigenvalue weighted by Gasteiger charge is 2.41. The summed E-state index contributed by atoms with van der Waals surface area (Å²) in [6, 6.07) is 5.05. The normalized spacial score (nSPS) is 24.4. The summed E-state index contributed by atoms with van der Waals surface area (Å²) in [4.78, 5) is 37.9. The van der Waals surface area contributed by atoms with Gasteiger partial charge in [-0.1, -0.05) is 18.2 Å². The molecule has 2 atom stereocenters. The van der Waals surface area contributed by atoms with Crippen LogP contribution in [0.15, 0.2) is 29.8 Å². The fourth-order valence-electron chi connectivity index (χ4n) is 3.75. The van der Waals surface area contributed by atoms with Crippen LogP contribution in [0.4, 0.5) is 0 Å². The number of piperidine rings is 1. The molecule has 2 N–H and O–H groups in total. The largest absolute Gasteiger partial charge is 0.394 e. The molecule has 0 radical (unpaired) electrons. The quantitative estimate of drug-likeness (QED) is 0.439. The molecule has 3 amide bonds. The smallest absolute Gasteiger partial charge is 0.255 e. The molecule has 1 saturated heterocycles.